The van der Waals surface area contributed by atoms with Crippen LogP contribution < -0.4 is 58.2 Å². The molecule has 0 aromatic rings. The maximum atomic E-state index is 7.44. The van der Waals surface area contributed by atoms with Crippen LogP contribution in [0.3, 0.4) is 0 Å². The molecule has 0 bridgehead atoms. The standard InChI is InChI=1S/C2H5O.Rb/c1-2-3;/h2-3H,1H3;/q-1;+1. The fourth-order valence-corrected chi connectivity index (χ4v) is 0. The van der Waals surface area contributed by atoms with Crippen LogP contribution in [0.15, 0.2) is 0 Å². The zero-order valence-electron chi connectivity index (χ0n) is 3.02. The predicted molar refractivity (Wildman–Crippen MR) is 11.9 cm³/mol. The molecule has 0 amide bonds. The molecule has 0 radical (unpaired) electrons. The molecule has 2 heteroatoms. The average molecular weight is 131 g/mol. The fraction of sp³-hybridized carbons (Fsp3) is 0.500. The second-order valence-electron chi connectivity index (χ2n) is 0.258. The maximum Gasteiger partial charge on any atom is 1.00 e. The molecule has 1 nitrogen and oxygen atoms in total. The molecular weight excluding hydrogens is 125 g/mol. The summed E-state index contributed by atoms with van der Waals surface area (Å²) in [5, 5.41) is 7.44. The van der Waals surface area contributed by atoms with Gasteiger partial charge in [0.25, 0.3) is 0 Å². The van der Waals surface area contributed by atoms with Crippen molar-refractivity contribution < 1.29 is 63.3 Å². The van der Waals surface area contributed by atoms with Crippen LogP contribution >= 0.6 is 0 Å². The second-order valence-corrected chi connectivity index (χ2v) is 0.258. The van der Waals surface area contributed by atoms with Crippen LogP contribution in [0.4, 0.5) is 0 Å². The van der Waals surface area contributed by atoms with Crippen LogP contribution in [0, 0.1) is 6.61 Å². The maximum absolute atomic E-state index is 7.44. The summed E-state index contributed by atoms with van der Waals surface area (Å²) in [5.74, 6) is 0. The van der Waals surface area contributed by atoms with Crippen LogP contribution in [0.5, 0.6) is 0 Å². The smallest absolute Gasteiger partial charge is 0.566 e. The first kappa shape index (κ1) is 9.23. The third kappa shape index (κ3) is 9.24. The molecular formula is C2H5ORb. The number of aliphatic hydroxyl groups is 1. The fourth-order valence-electron chi connectivity index (χ4n) is 0. The summed E-state index contributed by atoms with van der Waals surface area (Å²) >= 11 is 0. The molecule has 0 heterocycles. The van der Waals surface area contributed by atoms with Crippen LogP contribution in [0.25, 0.3) is 0 Å². The Kier molecular flexibility index (Phi) is 20.4. The van der Waals surface area contributed by atoms with Crippen LogP contribution in [-0.4, -0.2) is 5.11 Å². The summed E-state index contributed by atoms with van der Waals surface area (Å²) < 4.78 is 0. The first-order chi connectivity index (χ1) is 1.41. The summed E-state index contributed by atoms with van der Waals surface area (Å²) in [4.78, 5) is 0. The van der Waals surface area contributed by atoms with Crippen LogP contribution in [0.1, 0.15) is 6.92 Å². The van der Waals surface area contributed by atoms with Gasteiger partial charge in [-0.3, -0.25) is 0 Å². The van der Waals surface area contributed by atoms with E-state index in [0.29, 0.717) is 0 Å². The minimum absolute atomic E-state index is 0. The Bertz CT molecular complexity index is 6.00. The Hall–Kier alpha value is 1.77. The molecule has 0 aliphatic rings. The van der Waals surface area contributed by atoms with E-state index in [1.807, 2.05) is 0 Å². The molecule has 0 saturated heterocycles. The Morgan fingerprint density at radius 2 is 1.75 bits per heavy atom. The zero-order valence-corrected chi connectivity index (χ0v) is 7.94. The van der Waals surface area contributed by atoms with Crippen molar-refractivity contribution in [3.05, 3.63) is 6.61 Å². The van der Waals surface area contributed by atoms with Crippen molar-refractivity contribution in [3.8, 4) is 0 Å². The van der Waals surface area contributed by atoms with Crippen molar-refractivity contribution >= 4 is 0 Å². The summed E-state index contributed by atoms with van der Waals surface area (Å²) in [6.45, 7) is 2.56. The third-order valence-electron chi connectivity index (χ3n) is 0. The molecule has 0 spiro atoms. The molecule has 0 aliphatic carbocycles. The minimum Gasteiger partial charge on any atom is -0.566 e. The number of rotatable bonds is 0. The van der Waals surface area contributed by atoms with Gasteiger partial charge in [-0.05, 0) is 0 Å². The van der Waals surface area contributed by atoms with Crippen LogP contribution in [0.2, 0.25) is 0 Å². The van der Waals surface area contributed by atoms with Crippen molar-refractivity contribution in [2.45, 2.75) is 6.92 Å². The first-order valence-electron chi connectivity index (χ1n) is 0.836. The zero-order chi connectivity index (χ0) is 2.71. The van der Waals surface area contributed by atoms with Gasteiger partial charge in [-0.25, -0.2) is 6.61 Å². The molecule has 0 unspecified atom stereocenters. The molecule has 0 saturated carbocycles. The van der Waals surface area contributed by atoms with Crippen molar-refractivity contribution in [1.82, 2.24) is 0 Å². The van der Waals surface area contributed by atoms with E-state index in [0.717, 1.165) is 6.61 Å². The van der Waals surface area contributed by atoms with Gasteiger partial charge in [-0.1, -0.05) is 0 Å². The van der Waals surface area contributed by atoms with E-state index < -0.39 is 0 Å². The van der Waals surface area contributed by atoms with Gasteiger partial charge in [-0.15, -0.1) is 0 Å². The Morgan fingerprint density at radius 3 is 1.75 bits per heavy atom. The van der Waals surface area contributed by atoms with Gasteiger partial charge in [-0.2, -0.15) is 6.92 Å². The molecule has 4 heavy (non-hydrogen) atoms. The van der Waals surface area contributed by atoms with Gasteiger partial charge in [0, 0.05) is 0 Å². The summed E-state index contributed by atoms with van der Waals surface area (Å²) in [6, 6.07) is 0. The number of hydrogen-bond donors (Lipinski definition) is 1. The van der Waals surface area contributed by atoms with Gasteiger partial charge in [0.05, 0.1) is 0 Å². The molecule has 0 aromatic heterocycles. The van der Waals surface area contributed by atoms with Gasteiger partial charge in [0.15, 0.2) is 0 Å². The third-order valence-corrected chi connectivity index (χ3v) is 0. The van der Waals surface area contributed by atoms with Gasteiger partial charge < -0.3 is 5.11 Å². The monoisotopic (exact) mass is 130 g/mol. The SMILES string of the molecule is C[CH-]O.[Rb+]. The molecule has 0 atom stereocenters. The van der Waals surface area contributed by atoms with E-state index in [4.69, 9.17) is 5.11 Å². The summed E-state index contributed by atoms with van der Waals surface area (Å²) in [6.07, 6.45) is 0. The Morgan fingerprint density at radius 1 is 1.75 bits per heavy atom. The summed E-state index contributed by atoms with van der Waals surface area (Å²) in [5.41, 5.74) is 0. The first-order valence-corrected chi connectivity index (χ1v) is 0.836. The van der Waals surface area contributed by atoms with E-state index >= 15 is 0 Å². The Labute approximate surface area is 75.2 Å². The average Bonchev–Trinajstić information content (AvgIpc) is 0.918. The molecule has 0 rings (SSSR count). The number of aliphatic hydroxyl groups excluding tert-OH is 1. The predicted octanol–water partition coefficient (Wildman–Crippen LogP) is -2.46. The van der Waals surface area contributed by atoms with Gasteiger partial charge in [0.1, 0.15) is 0 Å². The topological polar surface area (TPSA) is 20.2 Å². The minimum atomic E-state index is 0. The van der Waals surface area contributed by atoms with E-state index in [2.05, 4.69) is 0 Å². The molecule has 0 aromatic carbocycles. The van der Waals surface area contributed by atoms with E-state index in [9.17, 15) is 0 Å². The molecule has 0 fully saturated rings. The quantitative estimate of drug-likeness (QED) is 0.361. The van der Waals surface area contributed by atoms with Crippen molar-refractivity contribution in [3.63, 3.8) is 0 Å². The van der Waals surface area contributed by atoms with Crippen molar-refractivity contribution in [1.29, 1.82) is 0 Å². The number of hydrogen-bond acceptors (Lipinski definition) is 1. The van der Waals surface area contributed by atoms with E-state index in [-0.39, 0.29) is 58.2 Å². The Balaban J connectivity index is 0. The molecule has 0 aliphatic heterocycles. The van der Waals surface area contributed by atoms with E-state index in [1.165, 1.54) is 0 Å². The largest absolute Gasteiger partial charge is 1.00 e. The van der Waals surface area contributed by atoms with Gasteiger partial charge in [0.2, 0.25) is 0 Å². The summed E-state index contributed by atoms with van der Waals surface area (Å²) in [7, 11) is 0. The molecule has 20 valence electrons. The van der Waals surface area contributed by atoms with Crippen molar-refractivity contribution in [2.75, 3.05) is 0 Å². The van der Waals surface area contributed by atoms with Gasteiger partial charge >= 0.3 is 58.2 Å². The molecule has 1 N–H and O–H groups in total. The van der Waals surface area contributed by atoms with E-state index in [1.54, 1.807) is 6.92 Å². The van der Waals surface area contributed by atoms with Crippen molar-refractivity contribution in [2.24, 2.45) is 0 Å². The normalized spacial score (nSPS) is 4.50. The second kappa shape index (κ2) is 8.83. The van der Waals surface area contributed by atoms with Crippen LogP contribution in [-0.2, 0) is 0 Å².